The number of ether oxygens (including phenoxy) is 1. The Labute approximate surface area is 121 Å². The van der Waals surface area contributed by atoms with Gasteiger partial charge in [0.25, 0.3) is 0 Å². The highest BCUT2D eigenvalue weighted by molar-refractivity contribution is 9.10. The van der Waals surface area contributed by atoms with Crippen LogP contribution in [0.3, 0.4) is 0 Å². The van der Waals surface area contributed by atoms with Crippen LogP contribution in [-0.4, -0.2) is 7.11 Å². The third-order valence-corrected chi connectivity index (χ3v) is 3.57. The van der Waals surface area contributed by atoms with E-state index in [1.165, 1.54) is 0 Å². The van der Waals surface area contributed by atoms with Gasteiger partial charge in [0, 0.05) is 10.9 Å². The van der Waals surface area contributed by atoms with E-state index in [2.05, 4.69) is 22.9 Å². The first-order valence-electron chi connectivity index (χ1n) is 6.30. The molecular weight excluding hydrogens is 306 g/mol. The minimum atomic E-state index is -0.163. The molecule has 1 heterocycles. The summed E-state index contributed by atoms with van der Waals surface area (Å²) in [4.78, 5) is 0. The van der Waals surface area contributed by atoms with Gasteiger partial charge in [0.15, 0.2) is 0 Å². The molecule has 1 atom stereocenters. The zero-order valence-corrected chi connectivity index (χ0v) is 12.7. The van der Waals surface area contributed by atoms with Gasteiger partial charge in [-0.15, -0.1) is 0 Å². The van der Waals surface area contributed by atoms with E-state index >= 15 is 0 Å². The number of benzene rings is 1. The molecule has 0 amide bonds. The first kappa shape index (κ1) is 14.2. The molecule has 2 aromatic rings. The number of hydrogen-bond donors (Lipinski definition) is 1. The molecule has 0 aliphatic rings. The summed E-state index contributed by atoms with van der Waals surface area (Å²) in [6.45, 7) is 2.06. The predicted molar refractivity (Wildman–Crippen MR) is 79.4 cm³/mol. The topological polar surface area (TPSA) is 48.4 Å². The predicted octanol–water partition coefficient (Wildman–Crippen LogP) is 3.86. The van der Waals surface area contributed by atoms with Gasteiger partial charge in [0.2, 0.25) is 0 Å². The lowest BCUT2D eigenvalue weighted by Crippen LogP contribution is -2.13. The lowest BCUT2D eigenvalue weighted by Gasteiger charge is -2.13. The second-order valence-corrected chi connectivity index (χ2v) is 5.34. The van der Waals surface area contributed by atoms with Crippen molar-refractivity contribution in [3.05, 3.63) is 51.9 Å². The van der Waals surface area contributed by atoms with Crippen molar-refractivity contribution in [2.24, 2.45) is 5.73 Å². The molecule has 0 saturated carbocycles. The molecule has 0 fully saturated rings. The molecule has 102 valence electrons. The number of halogens is 1. The number of methoxy groups -OCH3 is 1. The van der Waals surface area contributed by atoms with Gasteiger partial charge in [-0.1, -0.05) is 22.9 Å². The highest BCUT2D eigenvalue weighted by Crippen LogP contribution is 2.27. The molecule has 0 spiro atoms. The summed E-state index contributed by atoms with van der Waals surface area (Å²) in [5.41, 5.74) is 7.27. The largest absolute Gasteiger partial charge is 0.496 e. The summed E-state index contributed by atoms with van der Waals surface area (Å²) in [6, 6.07) is 9.69. The first-order valence-corrected chi connectivity index (χ1v) is 7.10. The first-order chi connectivity index (χ1) is 9.13. The van der Waals surface area contributed by atoms with Crippen LogP contribution >= 0.6 is 15.9 Å². The van der Waals surface area contributed by atoms with E-state index in [4.69, 9.17) is 14.9 Å². The second kappa shape index (κ2) is 6.26. The molecule has 0 bridgehead atoms. The number of nitrogens with two attached hydrogens (primary N) is 1. The van der Waals surface area contributed by atoms with Crippen LogP contribution in [0.4, 0.5) is 0 Å². The molecule has 0 saturated heterocycles. The van der Waals surface area contributed by atoms with Crippen molar-refractivity contribution < 1.29 is 9.15 Å². The molecule has 2 rings (SSSR count). The Kier molecular flexibility index (Phi) is 4.66. The van der Waals surface area contributed by atoms with Gasteiger partial charge in [0.05, 0.1) is 13.2 Å². The van der Waals surface area contributed by atoms with Crippen molar-refractivity contribution in [2.75, 3.05) is 7.11 Å². The maximum absolute atomic E-state index is 6.20. The van der Waals surface area contributed by atoms with E-state index in [1.54, 1.807) is 7.11 Å². The smallest absolute Gasteiger partial charge is 0.122 e. The fourth-order valence-corrected chi connectivity index (χ4v) is 2.44. The van der Waals surface area contributed by atoms with Crippen LogP contribution in [0.25, 0.3) is 0 Å². The average molecular weight is 324 g/mol. The van der Waals surface area contributed by atoms with Crippen LogP contribution in [0.2, 0.25) is 0 Å². The lowest BCUT2D eigenvalue weighted by molar-refractivity contribution is 0.401. The van der Waals surface area contributed by atoms with Crippen LogP contribution in [0.1, 0.15) is 30.0 Å². The van der Waals surface area contributed by atoms with Crippen molar-refractivity contribution in [3.63, 3.8) is 0 Å². The van der Waals surface area contributed by atoms with Gasteiger partial charge in [-0.3, -0.25) is 0 Å². The number of hydrogen-bond acceptors (Lipinski definition) is 3. The maximum atomic E-state index is 6.20. The Morgan fingerprint density at radius 1 is 1.32 bits per heavy atom. The van der Waals surface area contributed by atoms with Gasteiger partial charge in [0.1, 0.15) is 17.3 Å². The van der Waals surface area contributed by atoms with E-state index in [1.807, 2.05) is 30.3 Å². The summed E-state index contributed by atoms with van der Waals surface area (Å²) in [6.07, 6.45) is 1.56. The fraction of sp³-hybridized carbons (Fsp3) is 0.333. The van der Waals surface area contributed by atoms with E-state index < -0.39 is 0 Å². The fourth-order valence-electron chi connectivity index (χ4n) is 2.03. The quantitative estimate of drug-likeness (QED) is 0.909. The molecular formula is C15H18BrNO2. The van der Waals surface area contributed by atoms with E-state index in [-0.39, 0.29) is 6.04 Å². The van der Waals surface area contributed by atoms with Gasteiger partial charge in [-0.2, -0.15) is 0 Å². The molecule has 1 aromatic carbocycles. The monoisotopic (exact) mass is 323 g/mol. The molecule has 0 radical (unpaired) electrons. The van der Waals surface area contributed by atoms with Crippen molar-refractivity contribution in [1.29, 1.82) is 0 Å². The molecule has 19 heavy (non-hydrogen) atoms. The Morgan fingerprint density at radius 2 is 2.11 bits per heavy atom. The Bertz CT molecular complexity index is 551. The van der Waals surface area contributed by atoms with Crippen LogP contribution in [0.15, 0.2) is 39.2 Å². The highest BCUT2D eigenvalue weighted by atomic mass is 79.9. The minimum Gasteiger partial charge on any atom is -0.496 e. The van der Waals surface area contributed by atoms with Gasteiger partial charge in [-0.05, 0) is 42.3 Å². The summed E-state index contributed by atoms with van der Waals surface area (Å²) in [5.74, 6) is 2.63. The van der Waals surface area contributed by atoms with Crippen molar-refractivity contribution in [1.82, 2.24) is 0 Å². The highest BCUT2D eigenvalue weighted by Gasteiger charge is 2.14. The van der Waals surface area contributed by atoms with E-state index in [0.29, 0.717) is 6.42 Å². The average Bonchev–Trinajstić information content (AvgIpc) is 2.88. The van der Waals surface area contributed by atoms with Gasteiger partial charge < -0.3 is 14.9 Å². The molecule has 3 nitrogen and oxygen atoms in total. The Hall–Kier alpha value is -1.26. The van der Waals surface area contributed by atoms with E-state index in [9.17, 15) is 0 Å². The standard InChI is InChI=1S/C15H18BrNO2/c1-3-12-5-7-15(19-12)13(17)9-10-8-11(16)4-6-14(10)18-2/h4-8,13H,3,9,17H2,1-2H3. The molecule has 1 aromatic heterocycles. The maximum Gasteiger partial charge on any atom is 0.122 e. The van der Waals surface area contributed by atoms with E-state index in [0.717, 1.165) is 33.7 Å². The molecule has 4 heteroatoms. The molecule has 1 unspecified atom stereocenters. The zero-order valence-electron chi connectivity index (χ0n) is 11.2. The normalized spacial score (nSPS) is 12.4. The Balaban J connectivity index is 2.18. The van der Waals surface area contributed by atoms with Crippen LogP contribution in [0.5, 0.6) is 5.75 Å². The number of furan rings is 1. The summed E-state index contributed by atoms with van der Waals surface area (Å²) >= 11 is 3.47. The van der Waals surface area contributed by atoms with Crippen molar-refractivity contribution in [3.8, 4) is 5.75 Å². The lowest BCUT2D eigenvalue weighted by atomic mass is 10.0. The zero-order chi connectivity index (χ0) is 13.8. The number of rotatable bonds is 5. The molecule has 0 aliphatic carbocycles. The molecule has 2 N–H and O–H groups in total. The second-order valence-electron chi connectivity index (χ2n) is 4.42. The third-order valence-electron chi connectivity index (χ3n) is 3.08. The third kappa shape index (κ3) is 3.39. The summed E-state index contributed by atoms with van der Waals surface area (Å²) in [7, 11) is 1.67. The molecule has 0 aliphatic heterocycles. The van der Waals surface area contributed by atoms with Crippen LogP contribution in [-0.2, 0) is 12.8 Å². The van der Waals surface area contributed by atoms with Gasteiger partial charge in [-0.25, -0.2) is 0 Å². The van der Waals surface area contributed by atoms with Crippen molar-refractivity contribution in [2.45, 2.75) is 25.8 Å². The van der Waals surface area contributed by atoms with Gasteiger partial charge >= 0.3 is 0 Å². The summed E-state index contributed by atoms with van der Waals surface area (Å²) < 4.78 is 12.1. The summed E-state index contributed by atoms with van der Waals surface area (Å²) in [5, 5.41) is 0. The minimum absolute atomic E-state index is 0.163. The number of aryl methyl sites for hydroxylation is 1. The van der Waals surface area contributed by atoms with Crippen LogP contribution in [0, 0.1) is 0 Å². The SMILES string of the molecule is CCc1ccc(C(N)Cc2cc(Br)ccc2OC)o1. The Morgan fingerprint density at radius 3 is 2.74 bits per heavy atom. The van der Waals surface area contributed by atoms with Crippen LogP contribution < -0.4 is 10.5 Å². The van der Waals surface area contributed by atoms with Crippen molar-refractivity contribution >= 4 is 15.9 Å².